The van der Waals surface area contributed by atoms with Crippen LogP contribution in [0.15, 0.2) is 30.3 Å². The fraction of sp³-hybridized carbons (Fsp3) is 0.500. The summed E-state index contributed by atoms with van der Waals surface area (Å²) in [5.74, 6) is -2.85. The van der Waals surface area contributed by atoms with Crippen LogP contribution >= 0.6 is 0 Å². The van der Waals surface area contributed by atoms with Gasteiger partial charge in [-0.15, -0.1) is 0 Å². The second-order valence-electron chi connectivity index (χ2n) is 6.47. The van der Waals surface area contributed by atoms with Gasteiger partial charge in [-0.25, -0.2) is 4.39 Å². The van der Waals surface area contributed by atoms with Crippen LogP contribution in [0.5, 0.6) is 0 Å². The number of nitrogens with one attached hydrogen (secondary N) is 1. The van der Waals surface area contributed by atoms with Crippen LogP contribution in [-0.2, 0) is 14.4 Å². The quantitative estimate of drug-likeness (QED) is 0.467. The Bertz CT molecular complexity index is 666. The number of hydrogen-bond acceptors (Lipinski definition) is 5. The SMILES string of the molecule is CCCCCN(CC(=O)CNC(CC(=O)O)C(=O)CF)C(=O)c1ccccc1. The molecule has 0 bridgehead atoms. The minimum atomic E-state index is -1.31. The average molecular weight is 394 g/mol. The second kappa shape index (κ2) is 12.7. The summed E-state index contributed by atoms with van der Waals surface area (Å²) in [6, 6.07) is 7.32. The number of carbonyl (C=O) groups excluding carboxylic acids is 3. The summed E-state index contributed by atoms with van der Waals surface area (Å²) in [6.07, 6.45) is 2.01. The Labute approximate surface area is 163 Å². The van der Waals surface area contributed by atoms with Crippen molar-refractivity contribution in [2.45, 2.75) is 38.6 Å². The van der Waals surface area contributed by atoms with Crippen LogP contribution in [0.2, 0.25) is 0 Å². The molecule has 1 unspecified atom stereocenters. The molecule has 0 fully saturated rings. The molecule has 1 rings (SSSR count). The first-order chi connectivity index (χ1) is 13.4. The molecule has 8 heteroatoms. The highest BCUT2D eigenvalue weighted by Crippen LogP contribution is 2.07. The normalized spacial score (nSPS) is 11.6. The van der Waals surface area contributed by atoms with Crippen molar-refractivity contribution >= 4 is 23.4 Å². The number of halogens is 1. The number of carboxylic acid groups (broad SMARTS) is 1. The zero-order chi connectivity index (χ0) is 20.9. The number of nitrogens with zero attached hydrogens (tertiary/aromatic N) is 1. The Morgan fingerprint density at radius 2 is 1.82 bits per heavy atom. The highest BCUT2D eigenvalue weighted by molar-refractivity contribution is 5.97. The number of ketones is 2. The maximum Gasteiger partial charge on any atom is 0.305 e. The number of benzene rings is 1. The van der Waals surface area contributed by atoms with Crippen molar-refractivity contribution in [3.63, 3.8) is 0 Å². The molecule has 1 aromatic rings. The van der Waals surface area contributed by atoms with Crippen molar-refractivity contribution in [3.8, 4) is 0 Å². The summed E-state index contributed by atoms with van der Waals surface area (Å²) in [4.78, 5) is 48.7. The molecule has 0 aliphatic heterocycles. The zero-order valence-electron chi connectivity index (χ0n) is 16.0. The van der Waals surface area contributed by atoms with Crippen LogP contribution in [0.3, 0.4) is 0 Å². The van der Waals surface area contributed by atoms with Gasteiger partial charge in [-0.05, 0) is 18.6 Å². The van der Waals surface area contributed by atoms with Gasteiger partial charge in [-0.2, -0.15) is 0 Å². The highest BCUT2D eigenvalue weighted by atomic mass is 19.1. The molecule has 1 aromatic carbocycles. The van der Waals surface area contributed by atoms with E-state index in [-0.39, 0.29) is 24.8 Å². The number of alkyl halides is 1. The van der Waals surface area contributed by atoms with Gasteiger partial charge in [-0.3, -0.25) is 24.5 Å². The smallest absolute Gasteiger partial charge is 0.305 e. The number of unbranched alkanes of at least 4 members (excludes halogenated alkanes) is 2. The lowest BCUT2D eigenvalue weighted by Crippen LogP contribution is -2.45. The van der Waals surface area contributed by atoms with Gasteiger partial charge in [-0.1, -0.05) is 38.0 Å². The average Bonchev–Trinajstić information content (AvgIpc) is 2.69. The molecule has 0 saturated heterocycles. The minimum Gasteiger partial charge on any atom is -0.481 e. The third-order valence-corrected chi connectivity index (χ3v) is 4.15. The molecule has 7 nitrogen and oxygen atoms in total. The lowest BCUT2D eigenvalue weighted by atomic mass is 10.1. The van der Waals surface area contributed by atoms with E-state index in [1.54, 1.807) is 30.3 Å². The lowest BCUT2D eigenvalue weighted by molar-refractivity contribution is -0.140. The van der Waals surface area contributed by atoms with Gasteiger partial charge in [0, 0.05) is 12.1 Å². The van der Waals surface area contributed by atoms with E-state index in [0.29, 0.717) is 12.1 Å². The van der Waals surface area contributed by atoms with Gasteiger partial charge < -0.3 is 10.0 Å². The van der Waals surface area contributed by atoms with Crippen LogP contribution in [0.1, 0.15) is 43.0 Å². The van der Waals surface area contributed by atoms with E-state index in [1.165, 1.54) is 4.90 Å². The maximum absolute atomic E-state index is 12.7. The Morgan fingerprint density at radius 3 is 2.39 bits per heavy atom. The third kappa shape index (κ3) is 8.39. The molecule has 0 saturated carbocycles. The first-order valence-corrected chi connectivity index (χ1v) is 9.28. The summed E-state index contributed by atoms with van der Waals surface area (Å²) < 4.78 is 12.6. The van der Waals surface area contributed by atoms with E-state index in [9.17, 15) is 23.6 Å². The van der Waals surface area contributed by atoms with Crippen LogP contribution in [0.4, 0.5) is 4.39 Å². The Morgan fingerprint density at radius 1 is 1.14 bits per heavy atom. The number of amides is 1. The zero-order valence-corrected chi connectivity index (χ0v) is 16.0. The van der Waals surface area contributed by atoms with Crippen LogP contribution in [0.25, 0.3) is 0 Å². The summed E-state index contributed by atoms with van der Waals surface area (Å²) >= 11 is 0. The van der Waals surface area contributed by atoms with Crippen molar-refractivity contribution < 1.29 is 28.7 Å². The second-order valence-corrected chi connectivity index (χ2v) is 6.47. The molecule has 2 N–H and O–H groups in total. The molecule has 154 valence electrons. The van der Waals surface area contributed by atoms with Crippen LogP contribution in [0, 0.1) is 0 Å². The van der Waals surface area contributed by atoms with Crippen molar-refractivity contribution in [2.24, 2.45) is 0 Å². The molecule has 0 heterocycles. The molecular formula is C20H27FN2O5. The molecular weight excluding hydrogens is 367 g/mol. The van der Waals surface area contributed by atoms with E-state index in [0.717, 1.165) is 19.3 Å². The number of hydrogen-bond donors (Lipinski definition) is 2. The molecule has 0 spiro atoms. The van der Waals surface area contributed by atoms with E-state index in [2.05, 4.69) is 5.32 Å². The number of carbonyl (C=O) groups is 4. The van der Waals surface area contributed by atoms with Crippen molar-refractivity contribution in [3.05, 3.63) is 35.9 Å². The Hall–Kier alpha value is -2.61. The molecule has 1 amide bonds. The van der Waals surface area contributed by atoms with Crippen molar-refractivity contribution in [1.29, 1.82) is 0 Å². The number of Topliss-reactive ketones (excluding diaryl/α,β-unsaturated/α-hetero) is 2. The fourth-order valence-corrected chi connectivity index (χ4v) is 2.64. The van der Waals surface area contributed by atoms with Crippen molar-refractivity contribution in [2.75, 3.05) is 26.3 Å². The Kier molecular flexibility index (Phi) is 10.6. The topological polar surface area (TPSA) is 104 Å². The fourth-order valence-electron chi connectivity index (χ4n) is 2.64. The summed E-state index contributed by atoms with van der Waals surface area (Å²) in [5, 5.41) is 11.3. The highest BCUT2D eigenvalue weighted by Gasteiger charge is 2.23. The van der Waals surface area contributed by atoms with E-state index < -0.39 is 30.9 Å². The van der Waals surface area contributed by atoms with Crippen molar-refractivity contribution in [1.82, 2.24) is 10.2 Å². The standard InChI is InChI=1S/C20H27FN2O5/c1-2-3-7-10-23(20(28)15-8-5-4-6-9-15)14-16(24)13-22-17(11-19(26)27)18(25)12-21/h4-6,8-9,17,22H,2-3,7,10-14H2,1H3,(H,26,27). The summed E-state index contributed by atoms with van der Waals surface area (Å²) in [6.45, 7) is 0.636. The third-order valence-electron chi connectivity index (χ3n) is 4.15. The van der Waals surface area contributed by atoms with Gasteiger partial charge in [0.15, 0.2) is 11.6 Å². The molecule has 0 aliphatic carbocycles. The van der Waals surface area contributed by atoms with Crippen LogP contribution < -0.4 is 5.32 Å². The van der Waals surface area contributed by atoms with E-state index >= 15 is 0 Å². The molecule has 0 radical (unpaired) electrons. The number of aliphatic carboxylic acids is 1. The van der Waals surface area contributed by atoms with Gasteiger partial charge in [0.1, 0.15) is 6.67 Å². The number of carboxylic acids is 1. The first-order valence-electron chi connectivity index (χ1n) is 9.28. The lowest BCUT2D eigenvalue weighted by Gasteiger charge is -2.23. The largest absolute Gasteiger partial charge is 0.481 e. The number of rotatable bonds is 14. The van der Waals surface area contributed by atoms with E-state index in [1.807, 2.05) is 6.92 Å². The van der Waals surface area contributed by atoms with Gasteiger partial charge in [0.05, 0.1) is 25.6 Å². The molecule has 1 atom stereocenters. The predicted octanol–water partition coefficient (Wildman–Crippen LogP) is 1.86. The summed E-state index contributed by atoms with van der Waals surface area (Å²) in [5.41, 5.74) is 0.469. The Balaban J connectivity index is 2.72. The van der Waals surface area contributed by atoms with E-state index in [4.69, 9.17) is 5.11 Å². The van der Waals surface area contributed by atoms with Crippen LogP contribution in [-0.4, -0.2) is 65.8 Å². The first kappa shape index (κ1) is 23.4. The maximum atomic E-state index is 12.7. The predicted molar refractivity (Wildman–Crippen MR) is 102 cm³/mol. The minimum absolute atomic E-state index is 0.173. The van der Waals surface area contributed by atoms with Gasteiger partial charge >= 0.3 is 5.97 Å². The molecule has 0 aliphatic rings. The monoisotopic (exact) mass is 394 g/mol. The van der Waals surface area contributed by atoms with Gasteiger partial charge in [0.2, 0.25) is 0 Å². The van der Waals surface area contributed by atoms with Gasteiger partial charge in [0.25, 0.3) is 5.91 Å². The molecule has 0 aromatic heterocycles. The molecule has 28 heavy (non-hydrogen) atoms. The summed E-state index contributed by atoms with van der Waals surface area (Å²) in [7, 11) is 0.